The average molecular weight is 243 g/mol. The molecule has 5 nitrogen and oxygen atoms in total. The van der Waals surface area contributed by atoms with Crippen molar-refractivity contribution in [3.05, 3.63) is 35.8 Å². The van der Waals surface area contributed by atoms with Crippen LogP contribution in [0.5, 0.6) is 0 Å². The number of anilines is 3. The molecule has 2 rings (SSSR count). The molecule has 2 aromatic rings. The van der Waals surface area contributed by atoms with E-state index in [4.69, 9.17) is 0 Å². The van der Waals surface area contributed by atoms with Gasteiger partial charge in [0.1, 0.15) is 5.82 Å². The van der Waals surface area contributed by atoms with Gasteiger partial charge in [-0.2, -0.15) is 0 Å². The van der Waals surface area contributed by atoms with Gasteiger partial charge in [0.05, 0.1) is 11.9 Å². The zero-order chi connectivity index (χ0) is 13.0. The lowest BCUT2D eigenvalue weighted by Gasteiger charge is -2.07. The van der Waals surface area contributed by atoms with Crippen LogP contribution in [0.1, 0.15) is 18.3 Å². The van der Waals surface area contributed by atoms with E-state index in [9.17, 15) is 0 Å². The summed E-state index contributed by atoms with van der Waals surface area (Å²) in [6, 6.07) is 5.82. The summed E-state index contributed by atoms with van der Waals surface area (Å²) in [5.41, 5.74) is 2.77. The zero-order valence-corrected chi connectivity index (χ0v) is 10.9. The molecule has 0 aliphatic rings. The Bertz CT molecular complexity index is 501. The van der Waals surface area contributed by atoms with Gasteiger partial charge in [-0.3, -0.25) is 0 Å². The van der Waals surface area contributed by atoms with Crippen molar-refractivity contribution in [3.8, 4) is 0 Å². The summed E-state index contributed by atoms with van der Waals surface area (Å²) in [7, 11) is 0. The molecule has 0 saturated heterocycles. The summed E-state index contributed by atoms with van der Waals surface area (Å²) in [4.78, 5) is 12.9. The van der Waals surface area contributed by atoms with Gasteiger partial charge in [0.2, 0.25) is 5.95 Å². The first-order valence-electron chi connectivity index (χ1n) is 5.96. The van der Waals surface area contributed by atoms with Crippen LogP contribution < -0.4 is 10.6 Å². The molecule has 0 aliphatic heterocycles. The molecule has 2 N–H and O–H groups in total. The Balaban J connectivity index is 2.13. The van der Waals surface area contributed by atoms with E-state index in [1.165, 1.54) is 0 Å². The summed E-state index contributed by atoms with van der Waals surface area (Å²) >= 11 is 0. The number of hydrogen-bond acceptors (Lipinski definition) is 5. The van der Waals surface area contributed by atoms with E-state index in [2.05, 4.69) is 25.6 Å². The van der Waals surface area contributed by atoms with Crippen molar-refractivity contribution in [1.29, 1.82) is 0 Å². The van der Waals surface area contributed by atoms with Crippen molar-refractivity contribution in [1.82, 2.24) is 15.0 Å². The van der Waals surface area contributed by atoms with Gasteiger partial charge in [-0.15, -0.1) is 0 Å². The van der Waals surface area contributed by atoms with E-state index in [0.717, 1.165) is 29.4 Å². The fraction of sp³-hybridized carbons (Fsp3) is 0.308. The summed E-state index contributed by atoms with van der Waals surface area (Å²) in [5, 5.41) is 6.29. The molecule has 0 aliphatic carbocycles. The molecular weight excluding hydrogens is 226 g/mol. The Labute approximate surface area is 107 Å². The molecule has 0 aromatic carbocycles. The quantitative estimate of drug-likeness (QED) is 0.864. The molecule has 94 valence electrons. The summed E-state index contributed by atoms with van der Waals surface area (Å²) < 4.78 is 0. The van der Waals surface area contributed by atoms with Gasteiger partial charge in [-0.05, 0) is 39.0 Å². The van der Waals surface area contributed by atoms with E-state index in [0.29, 0.717) is 5.95 Å². The van der Waals surface area contributed by atoms with Crippen LogP contribution >= 0.6 is 0 Å². The Morgan fingerprint density at radius 3 is 2.39 bits per heavy atom. The van der Waals surface area contributed by atoms with E-state index in [-0.39, 0.29) is 0 Å². The molecule has 18 heavy (non-hydrogen) atoms. The molecule has 2 aromatic heterocycles. The van der Waals surface area contributed by atoms with Crippen LogP contribution in [-0.4, -0.2) is 21.5 Å². The van der Waals surface area contributed by atoms with Gasteiger partial charge in [-0.25, -0.2) is 15.0 Å². The number of aryl methyl sites for hydroxylation is 2. The first-order valence-corrected chi connectivity index (χ1v) is 5.96. The summed E-state index contributed by atoms with van der Waals surface area (Å²) in [5.74, 6) is 1.47. The Kier molecular flexibility index (Phi) is 3.72. The maximum Gasteiger partial charge on any atom is 0.227 e. The predicted molar refractivity (Wildman–Crippen MR) is 73.2 cm³/mol. The number of pyridine rings is 1. The van der Waals surface area contributed by atoms with Gasteiger partial charge in [0, 0.05) is 17.9 Å². The number of rotatable bonds is 4. The molecule has 0 atom stereocenters. The zero-order valence-electron chi connectivity index (χ0n) is 10.9. The van der Waals surface area contributed by atoms with Crippen LogP contribution in [0.2, 0.25) is 0 Å². The highest BCUT2D eigenvalue weighted by Gasteiger charge is 2.00. The van der Waals surface area contributed by atoms with Crippen molar-refractivity contribution in [2.75, 3.05) is 17.2 Å². The highest BCUT2D eigenvalue weighted by molar-refractivity contribution is 5.54. The number of nitrogens with one attached hydrogen (secondary N) is 2. The Hall–Kier alpha value is -2.17. The topological polar surface area (TPSA) is 62.7 Å². The van der Waals surface area contributed by atoms with Gasteiger partial charge in [0.25, 0.3) is 0 Å². The molecule has 0 unspecified atom stereocenters. The van der Waals surface area contributed by atoms with Gasteiger partial charge in [-0.1, -0.05) is 0 Å². The lowest BCUT2D eigenvalue weighted by Crippen LogP contribution is -2.02. The van der Waals surface area contributed by atoms with Crippen LogP contribution in [-0.2, 0) is 0 Å². The van der Waals surface area contributed by atoms with E-state index in [1.54, 1.807) is 6.20 Å². The molecule has 2 heterocycles. The van der Waals surface area contributed by atoms with Crippen molar-refractivity contribution < 1.29 is 0 Å². The first-order chi connectivity index (χ1) is 8.67. The van der Waals surface area contributed by atoms with Crippen molar-refractivity contribution >= 4 is 17.5 Å². The molecule has 0 bridgehead atoms. The Morgan fingerprint density at radius 1 is 1.11 bits per heavy atom. The first kappa shape index (κ1) is 12.3. The minimum atomic E-state index is 0.602. The smallest absolute Gasteiger partial charge is 0.227 e. The maximum atomic E-state index is 4.32. The fourth-order valence-corrected chi connectivity index (χ4v) is 1.66. The molecule has 0 fully saturated rings. The highest BCUT2D eigenvalue weighted by Crippen LogP contribution is 2.14. The van der Waals surface area contributed by atoms with Gasteiger partial charge in [0.15, 0.2) is 0 Å². The van der Waals surface area contributed by atoms with Crippen LogP contribution in [0, 0.1) is 13.8 Å². The second-order valence-corrected chi connectivity index (χ2v) is 4.06. The third-order valence-corrected chi connectivity index (χ3v) is 2.36. The summed E-state index contributed by atoms with van der Waals surface area (Å²) in [6.45, 7) is 6.80. The van der Waals surface area contributed by atoms with E-state index < -0.39 is 0 Å². The molecular formula is C13H17N5. The summed E-state index contributed by atoms with van der Waals surface area (Å²) in [6.07, 6.45) is 1.76. The van der Waals surface area contributed by atoms with Gasteiger partial charge < -0.3 is 10.6 Å². The minimum Gasteiger partial charge on any atom is -0.370 e. The van der Waals surface area contributed by atoms with Gasteiger partial charge >= 0.3 is 0 Å². The second kappa shape index (κ2) is 5.44. The lowest BCUT2D eigenvalue weighted by molar-refractivity contribution is 1.06. The standard InChI is InChI=1S/C13H17N5/c1-4-14-12-6-5-11(8-15-12)18-13-16-9(2)7-10(3)17-13/h5-8H,4H2,1-3H3,(H,14,15)(H,16,17,18). The van der Waals surface area contributed by atoms with Crippen LogP contribution in [0.3, 0.4) is 0 Å². The molecule has 0 amide bonds. The predicted octanol–water partition coefficient (Wildman–Crippen LogP) is 2.66. The number of hydrogen-bond donors (Lipinski definition) is 2. The van der Waals surface area contributed by atoms with Crippen LogP contribution in [0.25, 0.3) is 0 Å². The molecule has 0 radical (unpaired) electrons. The molecule has 0 saturated carbocycles. The third-order valence-electron chi connectivity index (χ3n) is 2.36. The van der Waals surface area contributed by atoms with Crippen LogP contribution in [0.15, 0.2) is 24.4 Å². The van der Waals surface area contributed by atoms with Crippen LogP contribution in [0.4, 0.5) is 17.5 Å². The normalized spacial score (nSPS) is 10.2. The second-order valence-electron chi connectivity index (χ2n) is 4.06. The SMILES string of the molecule is CCNc1ccc(Nc2nc(C)cc(C)n2)cn1. The largest absolute Gasteiger partial charge is 0.370 e. The van der Waals surface area contributed by atoms with E-state index >= 15 is 0 Å². The molecule has 5 heteroatoms. The highest BCUT2D eigenvalue weighted by atomic mass is 15.1. The van der Waals surface area contributed by atoms with E-state index in [1.807, 2.05) is 39.0 Å². The Morgan fingerprint density at radius 2 is 1.83 bits per heavy atom. The fourth-order valence-electron chi connectivity index (χ4n) is 1.66. The van der Waals surface area contributed by atoms with Crippen molar-refractivity contribution in [3.63, 3.8) is 0 Å². The van der Waals surface area contributed by atoms with Crippen molar-refractivity contribution in [2.24, 2.45) is 0 Å². The number of aromatic nitrogens is 3. The third kappa shape index (κ3) is 3.16. The average Bonchev–Trinajstić information content (AvgIpc) is 2.31. The number of nitrogens with zero attached hydrogens (tertiary/aromatic N) is 3. The monoisotopic (exact) mass is 243 g/mol. The van der Waals surface area contributed by atoms with Crippen molar-refractivity contribution in [2.45, 2.75) is 20.8 Å². The maximum absolute atomic E-state index is 4.32. The lowest BCUT2D eigenvalue weighted by atomic mass is 10.3. The minimum absolute atomic E-state index is 0.602. The molecule has 0 spiro atoms.